The lowest BCUT2D eigenvalue weighted by Gasteiger charge is -2.31. The fourth-order valence-corrected chi connectivity index (χ4v) is 5.21. The molecule has 2 amide bonds. The van der Waals surface area contributed by atoms with Gasteiger partial charge in [0.05, 0.1) is 5.69 Å². The number of carbonyl (C=O) groups excluding carboxylic acids is 2. The normalized spacial score (nSPS) is 14.3. The standard InChI is InChI=1S/C25H25ClFN3O2S/c1-16-23(33-24(29-16)18-6-8-20(27)9-7-18)25(32)30-12-10-17(11-13-30)14-22(31)28-15-19-4-2-3-5-21(19)26/h2-9,17H,10-15H2,1H3,(H,28,31). The highest BCUT2D eigenvalue weighted by Gasteiger charge is 2.27. The van der Waals surface area contributed by atoms with Crippen molar-refractivity contribution in [2.75, 3.05) is 13.1 Å². The monoisotopic (exact) mass is 485 g/mol. The lowest BCUT2D eigenvalue weighted by atomic mass is 9.93. The molecule has 172 valence electrons. The minimum absolute atomic E-state index is 0.00179. The van der Waals surface area contributed by atoms with Gasteiger partial charge in [-0.05, 0) is 61.6 Å². The van der Waals surface area contributed by atoms with E-state index in [2.05, 4.69) is 10.3 Å². The Hall–Kier alpha value is -2.77. The number of halogens is 2. The van der Waals surface area contributed by atoms with Crippen LogP contribution in [0.15, 0.2) is 48.5 Å². The molecule has 1 saturated heterocycles. The Morgan fingerprint density at radius 3 is 2.55 bits per heavy atom. The van der Waals surface area contributed by atoms with Crippen LogP contribution in [0.4, 0.5) is 4.39 Å². The summed E-state index contributed by atoms with van der Waals surface area (Å²) in [5, 5.41) is 4.30. The summed E-state index contributed by atoms with van der Waals surface area (Å²) >= 11 is 7.48. The molecule has 0 aliphatic carbocycles. The minimum Gasteiger partial charge on any atom is -0.352 e. The molecule has 1 aromatic heterocycles. The number of aryl methyl sites for hydroxylation is 1. The molecule has 8 heteroatoms. The van der Waals surface area contributed by atoms with Crippen molar-refractivity contribution in [1.29, 1.82) is 0 Å². The molecular weight excluding hydrogens is 461 g/mol. The van der Waals surface area contributed by atoms with Gasteiger partial charge in [-0.25, -0.2) is 9.37 Å². The summed E-state index contributed by atoms with van der Waals surface area (Å²) < 4.78 is 13.2. The Kier molecular flexibility index (Phi) is 7.40. The second-order valence-corrected chi connectivity index (χ2v) is 9.65. The fourth-order valence-electron chi connectivity index (χ4n) is 3.96. The van der Waals surface area contributed by atoms with Crippen LogP contribution in [-0.4, -0.2) is 34.8 Å². The van der Waals surface area contributed by atoms with E-state index < -0.39 is 0 Å². The predicted octanol–water partition coefficient (Wildman–Crippen LogP) is 5.47. The third-order valence-corrected chi connectivity index (χ3v) is 7.45. The molecule has 0 bridgehead atoms. The zero-order valence-electron chi connectivity index (χ0n) is 18.3. The first-order valence-electron chi connectivity index (χ1n) is 10.9. The maximum atomic E-state index is 13.2. The maximum absolute atomic E-state index is 13.2. The number of hydrogen-bond donors (Lipinski definition) is 1. The largest absolute Gasteiger partial charge is 0.352 e. The Morgan fingerprint density at radius 1 is 1.15 bits per heavy atom. The Labute approximate surface area is 201 Å². The number of aromatic nitrogens is 1. The van der Waals surface area contributed by atoms with E-state index in [4.69, 9.17) is 11.6 Å². The van der Waals surface area contributed by atoms with Gasteiger partial charge in [-0.15, -0.1) is 11.3 Å². The summed E-state index contributed by atoms with van der Waals surface area (Å²) in [6.07, 6.45) is 2.02. The second kappa shape index (κ2) is 10.4. The van der Waals surface area contributed by atoms with E-state index in [1.54, 1.807) is 12.1 Å². The predicted molar refractivity (Wildman–Crippen MR) is 129 cm³/mol. The van der Waals surface area contributed by atoms with Gasteiger partial charge in [0.25, 0.3) is 5.91 Å². The summed E-state index contributed by atoms with van der Waals surface area (Å²) in [5.74, 6) is -0.0803. The van der Waals surface area contributed by atoms with Crippen molar-refractivity contribution in [1.82, 2.24) is 15.2 Å². The topological polar surface area (TPSA) is 62.3 Å². The molecule has 1 fully saturated rings. The van der Waals surface area contributed by atoms with Gasteiger partial charge in [-0.2, -0.15) is 0 Å². The number of nitrogens with zero attached hydrogens (tertiary/aromatic N) is 2. The summed E-state index contributed by atoms with van der Waals surface area (Å²) in [5.41, 5.74) is 2.38. The molecule has 0 spiro atoms. The van der Waals surface area contributed by atoms with Crippen molar-refractivity contribution < 1.29 is 14.0 Å². The Morgan fingerprint density at radius 2 is 1.85 bits per heavy atom. The van der Waals surface area contributed by atoms with Gasteiger partial charge in [-0.3, -0.25) is 9.59 Å². The molecule has 1 aliphatic heterocycles. The molecule has 2 heterocycles. The van der Waals surface area contributed by atoms with E-state index >= 15 is 0 Å². The molecular formula is C25H25ClFN3O2S. The van der Waals surface area contributed by atoms with Crippen LogP contribution in [0.1, 0.15) is 40.2 Å². The van der Waals surface area contributed by atoms with Crippen molar-refractivity contribution in [3.8, 4) is 10.6 Å². The van der Waals surface area contributed by atoms with E-state index in [1.165, 1.54) is 23.5 Å². The number of hydrogen-bond acceptors (Lipinski definition) is 4. The quantitative estimate of drug-likeness (QED) is 0.503. The molecule has 3 aromatic rings. The fraction of sp³-hybridized carbons (Fsp3) is 0.320. The first-order chi connectivity index (χ1) is 15.9. The molecule has 1 aliphatic rings. The molecule has 2 aromatic carbocycles. The van der Waals surface area contributed by atoms with E-state index in [-0.39, 0.29) is 23.5 Å². The molecule has 33 heavy (non-hydrogen) atoms. The number of carbonyl (C=O) groups is 2. The average Bonchev–Trinajstić information content (AvgIpc) is 3.20. The average molecular weight is 486 g/mol. The number of amides is 2. The van der Waals surface area contributed by atoms with Crippen molar-refractivity contribution in [2.45, 2.75) is 32.7 Å². The van der Waals surface area contributed by atoms with Crippen molar-refractivity contribution in [3.63, 3.8) is 0 Å². The van der Waals surface area contributed by atoms with Crippen LogP contribution in [0.3, 0.4) is 0 Å². The first-order valence-corrected chi connectivity index (χ1v) is 12.1. The molecule has 1 N–H and O–H groups in total. The highest BCUT2D eigenvalue weighted by atomic mass is 35.5. The maximum Gasteiger partial charge on any atom is 0.265 e. The number of piperidine rings is 1. The van der Waals surface area contributed by atoms with Crippen LogP contribution in [0.2, 0.25) is 5.02 Å². The van der Waals surface area contributed by atoms with E-state index in [9.17, 15) is 14.0 Å². The minimum atomic E-state index is -0.302. The van der Waals surface area contributed by atoms with Gasteiger partial charge in [0.1, 0.15) is 15.7 Å². The van der Waals surface area contributed by atoms with E-state index in [0.717, 1.165) is 24.0 Å². The zero-order chi connectivity index (χ0) is 23.4. The van der Waals surface area contributed by atoms with Crippen LogP contribution in [0.5, 0.6) is 0 Å². The van der Waals surface area contributed by atoms with Crippen LogP contribution < -0.4 is 5.32 Å². The van der Waals surface area contributed by atoms with Gasteiger partial charge in [0, 0.05) is 36.6 Å². The number of thiazole rings is 1. The summed E-state index contributed by atoms with van der Waals surface area (Å²) in [7, 11) is 0. The zero-order valence-corrected chi connectivity index (χ0v) is 19.9. The van der Waals surface area contributed by atoms with Gasteiger partial charge < -0.3 is 10.2 Å². The highest BCUT2D eigenvalue weighted by molar-refractivity contribution is 7.17. The number of likely N-dealkylation sites (tertiary alicyclic amines) is 1. The molecule has 0 saturated carbocycles. The number of nitrogens with one attached hydrogen (secondary N) is 1. The molecule has 5 nitrogen and oxygen atoms in total. The van der Waals surface area contributed by atoms with Crippen molar-refractivity contribution >= 4 is 34.8 Å². The van der Waals surface area contributed by atoms with Crippen LogP contribution in [0, 0.1) is 18.7 Å². The van der Waals surface area contributed by atoms with E-state index in [1.807, 2.05) is 36.1 Å². The number of benzene rings is 2. The second-order valence-electron chi connectivity index (χ2n) is 8.25. The smallest absolute Gasteiger partial charge is 0.265 e. The van der Waals surface area contributed by atoms with Crippen LogP contribution in [-0.2, 0) is 11.3 Å². The first kappa shape index (κ1) is 23.4. The van der Waals surface area contributed by atoms with Crippen molar-refractivity contribution in [2.24, 2.45) is 5.92 Å². The summed E-state index contributed by atoms with van der Waals surface area (Å²) in [6, 6.07) is 13.6. The number of rotatable bonds is 6. The van der Waals surface area contributed by atoms with Gasteiger partial charge >= 0.3 is 0 Å². The Bertz CT molecular complexity index is 1140. The lowest BCUT2D eigenvalue weighted by Crippen LogP contribution is -2.39. The molecule has 4 rings (SSSR count). The Balaban J connectivity index is 1.29. The SMILES string of the molecule is Cc1nc(-c2ccc(F)cc2)sc1C(=O)N1CCC(CC(=O)NCc2ccccc2Cl)CC1. The summed E-state index contributed by atoms with van der Waals surface area (Å²) in [6.45, 7) is 3.47. The molecule has 0 unspecified atom stereocenters. The summed E-state index contributed by atoms with van der Waals surface area (Å²) in [4.78, 5) is 32.4. The van der Waals surface area contributed by atoms with Crippen LogP contribution >= 0.6 is 22.9 Å². The third kappa shape index (κ3) is 5.78. The van der Waals surface area contributed by atoms with Gasteiger partial charge in [0.15, 0.2) is 0 Å². The lowest BCUT2D eigenvalue weighted by molar-refractivity contribution is -0.122. The highest BCUT2D eigenvalue weighted by Crippen LogP contribution is 2.30. The van der Waals surface area contributed by atoms with Gasteiger partial charge in [-0.1, -0.05) is 29.8 Å². The van der Waals surface area contributed by atoms with E-state index in [0.29, 0.717) is 46.7 Å². The third-order valence-electron chi connectivity index (χ3n) is 5.89. The van der Waals surface area contributed by atoms with Crippen molar-refractivity contribution in [3.05, 3.63) is 75.5 Å². The molecule has 0 atom stereocenters. The molecule has 0 radical (unpaired) electrons. The van der Waals surface area contributed by atoms with Crippen LogP contribution in [0.25, 0.3) is 10.6 Å². The van der Waals surface area contributed by atoms with Gasteiger partial charge in [0.2, 0.25) is 5.91 Å².